The van der Waals surface area contributed by atoms with Crippen molar-refractivity contribution >= 4 is 16.5 Å². The van der Waals surface area contributed by atoms with Gasteiger partial charge in [-0.15, -0.1) is 0 Å². The highest BCUT2D eigenvalue weighted by Gasteiger charge is 2.07. The van der Waals surface area contributed by atoms with Gasteiger partial charge in [-0.25, -0.2) is 0 Å². The SMILES string of the molecule is CC(C)(C)NCCNc1cccc2ccccc12. The molecule has 0 radical (unpaired) electrons. The van der Waals surface area contributed by atoms with E-state index >= 15 is 0 Å². The number of fused-ring (bicyclic) bond motifs is 1. The van der Waals surface area contributed by atoms with E-state index in [2.05, 4.69) is 73.9 Å². The van der Waals surface area contributed by atoms with Crippen molar-refractivity contribution in [3.8, 4) is 0 Å². The van der Waals surface area contributed by atoms with Gasteiger partial charge in [0.1, 0.15) is 0 Å². The minimum atomic E-state index is 0.181. The molecule has 2 aromatic carbocycles. The predicted octanol–water partition coefficient (Wildman–Crippen LogP) is 3.64. The maximum atomic E-state index is 3.50. The van der Waals surface area contributed by atoms with Crippen LogP contribution in [0.25, 0.3) is 10.8 Å². The predicted molar refractivity (Wildman–Crippen MR) is 80.2 cm³/mol. The Morgan fingerprint density at radius 3 is 2.39 bits per heavy atom. The van der Waals surface area contributed by atoms with Gasteiger partial charge >= 0.3 is 0 Å². The molecule has 18 heavy (non-hydrogen) atoms. The third kappa shape index (κ3) is 3.47. The van der Waals surface area contributed by atoms with Crippen LogP contribution in [0.5, 0.6) is 0 Å². The molecule has 0 atom stereocenters. The fraction of sp³-hybridized carbons (Fsp3) is 0.375. The standard InChI is InChI=1S/C16H22N2/c1-16(2,3)18-12-11-17-15-10-6-8-13-7-4-5-9-14(13)15/h4-10,17-18H,11-12H2,1-3H3. The van der Waals surface area contributed by atoms with E-state index in [0.29, 0.717) is 0 Å². The summed E-state index contributed by atoms with van der Waals surface area (Å²) in [5.74, 6) is 0. The maximum absolute atomic E-state index is 3.50. The van der Waals surface area contributed by atoms with Crippen molar-refractivity contribution in [2.24, 2.45) is 0 Å². The van der Waals surface area contributed by atoms with Crippen LogP contribution in [0.2, 0.25) is 0 Å². The topological polar surface area (TPSA) is 24.1 Å². The molecule has 0 saturated heterocycles. The van der Waals surface area contributed by atoms with Crippen molar-refractivity contribution in [1.29, 1.82) is 0 Å². The molecule has 2 aromatic rings. The Hall–Kier alpha value is -1.54. The lowest BCUT2D eigenvalue weighted by molar-refractivity contribution is 0.435. The molecule has 2 heteroatoms. The Kier molecular flexibility index (Phi) is 3.87. The summed E-state index contributed by atoms with van der Waals surface area (Å²) in [7, 11) is 0. The van der Waals surface area contributed by atoms with Crippen molar-refractivity contribution in [2.45, 2.75) is 26.3 Å². The van der Waals surface area contributed by atoms with Crippen molar-refractivity contribution < 1.29 is 0 Å². The Morgan fingerprint density at radius 1 is 0.889 bits per heavy atom. The normalized spacial score (nSPS) is 11.7. The van der Waals surface area contributed by atoms with Crippen LogP contribution in [0.4, 0.5) is 5.69 Å². The summed E-state index contributed by atoms with van der Waals surface area (Å²) in [5, 5.41) is 9.55. The second-order valence-electron chi connectivity index (χ2n) is 5.63. The van der Waals surface area contributed by atoms with Crippen molar-refractivity contribution in [2.75, 3.05) is 18.4 Å². The molecule has 0 heterocycles. The smallest absolute Gasteiger partial charge is 0.0420 e. The Bertz CT molecular complexity index is 506. The molecule has 2 rings (SSSR count). The number of benzene rings is 2. The molecule has 96 valence electrons. The van der Waals surface area contributed by atoms with Gasteiger partial charge in [-0.3, -0.25) is 0 Å². The minimum absolute atomic E-state index is 0.181. The van der Waals surface area contributed by atoms with E-state index in [0.717, 1.165) is 13.1 Å². The first-order valence-corrected chi connectivity index (χ1v) is 6.53. The molecule has 0 aliphatic heterocycles. The van der Waals surface area contributed by atoms with E-state index in [4.69, 9.17) is 0 Å². The third-order valence-corrected chi connectivity index (χ3v) is 2.89. The summed E-state index contributed by atoms with van der Waals surface area (Å²) < 4.78 is 0. The Morgan fingerprint density at radius 2 is 1.61 bits per heavy atom. The first-order chi connectivity index (χ1) is 8.56. The van der Waals surface area contributed by atoms with Crippen LogP contribution in [-0.2, 0) is 0 Å². The lowest BCUT2D eigenvalue weighted by atomic mass is 10.1. The lowest BCUT2D eigenvalue weighted by Gasteiger charge is -2.21. The molecule has 0 amide bonds. The van der Waals surface area contributed by atoms with Gasteiger partial charge in [-0.2, -0.15) is 0 Å². The number of hydrogen-bond donors (Lipinski definition) is 2. The monoisotopic (exact) mass is 242 g/mol. The van der Waals surface area contributed by atoms with Crippen molar-refractivity contribution in [3.05, 3.63) is 42.5 Å². The summed E-state index contributed by atoms with van der Waals surface area (Å²) in [5.41, 5.74) is 1.39. The van der Waals surface area contributed by atoms with Gasteiger partial charge in [0, 0.05) is 29.7 Å². The number of nitrogens with one attached hydrogen (secondary N) is 2. The Balaban J connectivity index is 2.00. The molecule has 0 unspecified atom stereocenters. The molecule has 0 aliphatic carbocycles. The molecule has 2 nitrogen and oxygen atoms in total. The number of rotatable bonds is 4. The van der Waals surface area contributed by atoms with Gasteiger partial charge in [-0.1, -0.05) is 36.4 Å². The number of anilines is 1. The van der Waals surface area contributed by atoms with Gasteiger partial charge < -0.3 is 10.6 Å². The van der Waals surface area contributed by atoms with Crippen molar-refractivity contribution in [1.82, 2.24) is 5.32 Å². The third-order valence-electron chi connectivity index (χ3n) is 2.89. The second kappa shape index (κ2) is 5.40. The summed E-state index contributed by atoms with van der Waals surface area (Å²) in [6.07, 6.45) is 0. The second-order valence-corrected chi connectivity index (χ2v) is 5.63. The average molecular weight is 242 g/mol. The van der Waals surface area contributed by atoms with E-state index < -0.39 is 0 Å². The van der Waals surface area contributed by atoms with Crippen LogP contribution in [-0.4, -0.2) is 18.6 Å². The van der Waals surface area contributed by atoms with E-state index in [1.807, 2.05) is 0 Å². The number of hydrogen-bond acceptors (Lipinski definition) is 2. The zero-order valence-corrected chi connectivity index (χ0v) is 11.5. The summed E-state index contributed by atoms with van der Waals surface area (Å²) in [6.45, 7) is 8.46. The molecule has 2 N–H and O–H groups in total. The molecule has 0 saturated carbocycles. The first-order valence-electron chi connectivity index (χ1n) is 6.53. The van der Waals surface area contributed by atoms with E-state index in [1.165, 1.54) is 16.5 Å². The molecule has 0 spiro atoms. The fourth-order valence-electron chi connectivity index (χ4n) is 2.01. The van der Waals surface area contributed by atoms with Crippen LogP contribution in [0, 0.1) is 0 Å². The van der Waals surface area contributed by atoms with Gasteiger partial charge in [-0.05, 0) is 32.2 Å². The average Bonchev–Trinajstić information content (AvgIpc) is 2.33. The van der Waals surface area contributed by atoms with Crippen LogP contribution >= 0.6 is 0 Å². The quantitative estimate of drug-likeness (QED) is 0.800. The van der Waals surface area contributed by atoms with Gasteiger partial charge in [0.2, 0.25) is 0 Å². The van der Waals surface area contributed by atoms with E-state index in [-0.39, 0.29) is 5.54 Å². The van der Waals surface area contributed by atoms with Gasteiger partial charge in [0.05, 0.1) is 0 Å². The van der Waals surface area contributed by atoms with Crippen molar-refractivity contribution in [3.63, 3.8) is 0 Å². The van der Waals surface area contributed by atoms with Crippen LogP contribution < -0.4 is 10.6 Å². The van der Waals surface area contributed by atoms with Crippen LogP contribution in [0.1, 0.15) is 20.8 Å². The van der Waals surface area contributed by atoms with Gasteiger partial charge in [0.15, 0.2) is 0 Å². The largest absolute Gasteiger partial charge is 0.383 e. The zero-order valence-electron chi connectivity index (χ0n) is 11.5. The first kappa shape index (κ1) is 12.9. The summed E-state index contributed by atoms with van der Waals surface area (Å²) in [6, 6.07) is 14.9. The van der Waals surface area contributed by atoms with E-state index in [1.54, 1.807) is 0 Å². The zero-order chi connectivity index (χ0) is 13.0. The van der Waals surface area contributed by atoms with Crippen LogP contribution in [0.15, 0.2) is 42.5 Å². The molecule has 0 aliphatic rings. The lowest BCUT2D eigenvalue weighted by Crippen LogP contribution is -2.38. The minimum Gasteiger partial charge on any atom is -0.383 e. The summed E-state index contributed by atoms with van der Waals surface area (Å²) in [4.78, 5) is 0. The molecule has 0 fully saturated rings. The van der Waals surface area contributed by atoms with Crippen LogP contribution in [0.3, 0.4) is 0 Å². The fourth-order valence-corrected chi connectivity index (χ4v) is 2.01. The molecular formula is C16H22N2. The highest BCUT2D eigenvalue weighted by atomic mass is 15.0. The highest BCUT2D eigenvalue weighted by Crippen LogP contribution is 2.22. The van der Waals surface area contributed by atoms with E-state index in [9.17, 15) is 0 Å². The van der Waals surface area contributed by atoms with Gasteiger partial charge in [0.25, 0.3) is 0 Å². The molecule has 0 aromatic heterocycles. The highest BCUT2D eigenvalue weighted by molar-refractivity contribution is 5.93. The maximum Gasteiger partial charge on any atom is 0.0420 e. The molecule has 0 bridgehead atoms. The summed E-state index contributed by atoms with van der Waals surface area (Å²) >= 11 is 0. The Labute approximate surface area is 109 Å². The molecular weight excluding hydrogens is 220 g/mol.